The zero-order valence-electron chi connectivity index (χ0n) is 25.5. The van der Waals surface area contributed by atoms with Crippen molar-refractivity contribution >= 4 is 78.2 Å². The van der Waals surface area contributed by atoms with Gasteiger partial charge in [0.05, 0.1) is 26.4 Å². The summed E-state index contributed by atoms with van der Waals surface area (Å²) in [5.41, 5.74) is 7.83. The zero-order valence-corrected chi connectivity index (χ0v) is 43.2. The van der Waals surface area contributed by atoms with Crippen molar-refractivity contribution in [2.75, 3.05) is 3.89 Å². The van der Waals surface area contributed by atoms with Gasteiger partial charge in [-0.1, -0.05) is 22.6 Å². The molecule has 44 heavy (non-hydrogen) atoms. The smallest absolute Gasteiger partial charge is 1.00 e. The number of nitrogens with one attached hydrogen (secondary N) is 1. The third kappa shape index (κ3) is 11.5. The number of rotatable bonds is 2. The van der Waals surface area contributed by atoms with Gasteiger partial charge >= 0.3 is 138 Å². The van der Waals surface area contributed by atoms with Crippen LogP contribution in [0.2, 0.25) is 0 Å². The third-order valence-electron chi connectivity index (χ3n) is 7.04. The summed E-state index contributed by atoms with van der Waals surface area (Å²) >= 11 is 13.9. The van der Waals surface area contributed by atoms with Crippen molar-refractivity contribution < 1.29 is 159 Å². The predicted molar refractivity (Wildman–Crippen MR) is 175 cm³/mol. The number of aromatic nitrogens is 4. The normalized spacial score (nSPS) is 15.1. The van der Waals surface area contributed by atoms with E-state index in [9.17, 15) is 4.79 Å². The van der Waals surface area contributed by atoms with Gasteiger partial charge in [0.25, 0.3) is 12.0 Å². The molecule has 3 aromatic heterocycles. The number of carbonyl (C=O) groups excluding carboxylic acids is 1. The first kappa shape index (κ1) is 42.2. The van der Waals surface area contributed by atoms with Crippen molar-refractivity contribution in [3.05, 3.63) is 72.0 Å². The molecule has 0 saturated heterocycles. The summed E-state index contributed by atoms with van der Waals surface area (Å²) in [6.45, 7) is 0.360. The van der Waals surface area contributed by atoms with Crippen molar-refractivity contribution in [3.8, 4) is 17.3 Å². The second kappa shape index (κ2) is 22.0. The van der Waals surface area contributed by atoms with Crippen LogP contribution < -0.4 is 153 Å². The Morgan fingerprint density at radius 1 is 1.11 bits per heavy atom. The summed E-state index contributed by atoms with van der Waals surface area (Å²) in [5, 5.41) is 8.43. The molecule has 10 nitrogen and oxygen atoms in total. The van der Waals surface area contributed by atoms with Gasteiger partial charge < -0.3 is 21.3 Å². The van der Waals surface area contributed by atoms with E-state index in [0.29, 0.717) is 22.1 Å². The van der Waals surface area contributed by atoms with Gasteiger partial charge in [-0.3, -0.25) is 19.1 Å². The molecule has 0 saturated carbocycles. The van der Waals surface area contributed by atoms with Crippen LogP contribution in [-0.2, 0) is 29.3 Å². The fourth-order valence-corrected chi connectivity index (χ4v) is 5.96. The minimum Gasteiger partial charge on any atom is -1.00 e. The number of halogens is 4. The SMILES string of the molecule is Brc1cnc2c(c1)-c1nc3c(n1CO2)CCCC3.ClCI.O=CO[O-].O=c1[nH]cc(Br)cc1C1=NC2=C(CCCC2)C1.[Cs+].[Cs+].[H-]. The summed E-state index contributed by atoms with van der Waals surface area (Å²) in [7, 11) is 0. The van der Waals surface area contributed by atoms with Crippen LogP contribution in [0.1, 0.15) is 63.3 Å². The average Bonchev–Trinajstić information content (AvgIpc) is 3.61. The summed E-state index contributed by atoms with van der Waals surface area (Å²) in [4.78, 5) is 39.5. The van der Waals surface area contributed by atoms with Crippen molar-refractivity contribution in [1.29, 1.82) is 0 Å². The summed E-state index contributed by atoms with van der Waals surface area (Å²) < 4.78 is 10.5. The number of fused-ring (bicyclic) bond motifs is 5. The summed E-state index contributed by atoms with van der Waals surface area (Å²) in [5.74, 6) is 1.70. The Morgan fingerprint density at radius 2 is 1.77 bits per heavy atom. The largest absolute Gasteiger partial charge is 1.00 e. The maximum Gasteiger partial charge on any atom is 1.00 e. The van der Waals surface area contributed by atoms with Crippen LogP contribution in [0.3, 0.4) is 0 Å². The van der Waals surface area contributed by atoms with Crippen molar-refractivity contribution in [1.82, 2.24) is 19.5 Å². The monoisotopic (exact) mass is 1100 g/mol. The summed E-state index contributed by atoms with van der Waals surface area (Å²) in [6.07, 6.45) is 13.7. The molecule has 16 heteroatoms. The molecular formula is C28H29Br2ClCs2IN5O5. The van der Waals surface area contributed by atoms with Crippen molar-refractivity contribution in [2.45, 2.75) is 64.5 Å². The van der Waals surface area contributed by atoms with Crippen LogP contribution in [0, 0.1) is 0 Å². The Kier molecular flexibility index (Phi) is 21.1. The van der Waals surface area contributed by atoms with Crippen molar-refractivity contribution in [2.24, 2.45) is 4.99 Å². The minimum absolute atomic E-state index is 0. The molecule has 1 N–H and O–H groups in total. The van der Waals surface area contributed by atoms with Crippen LogP contribution in [0.5, 0.6) is 5.88 Å². The van der Waals surface area contributed by atoms with Gasteiger partial charge in [-0.2, -0.15) is 0 Å². The van der Waals surface area contributed by atoms with E-state index in [1.165, 1.54) is 48.3 Å². The quantitative estimate of drug-likeness (QED) is 0.128. The molecule has 0 unspecified atom stereocenters. The maximum absolute atomic E-state index is 11.8. The number of H-pyrrole nitrogens is 1. The number of aliphatic imine (C=N–C) groups is 1. The van der Waals surface area contributed by atoms with Crippen LogP contribution in [-0.4, -0.2) is 35.6 Å². The number of pyridine rings is 2. The Morgan fingerprint density at radius 3 is 2.48 bits per heavy atom. The number of hydrogen-bond donors (Lipinski definition) is 1. The van der Waals surface area contributed by atoms with E-state index in [2.05, 4.69) is 78.9 Å². The van der Waals surface area contributed by atoms with E-state index < -0.39 is 0 Å². The van der Waals surface area contributed by atoms with E-state index in [0.717, 1.165) is 58.1 Å². The average molecular weight is 1100 g/mol. The molecule has 0 amide bonds. The van der Waals surface area contributed by atoms with Gasteiger partial charge in [-0.25, -0.2) is 9.97 Å². The number of hydrogen-bond acceptors (Lipinski definition) is 8. The van der Waals surface area contributed by atoms with Gasteiger partial charge in [0.15, 0.2) is 6.73 Å². The molecule has 226 valence electrons. The van der Waals surface area contributed by atoms with E-state index in [4.69, 9.17) is 31.4 Å². The van der Waals surface area contributed by atoms with Gasteiger partial charge in [-0.05, 0) is 101 Å². The molecule has 5 heterocycles. The molecule has 4 aliphatic rings. The molecule has 0 spiro atoms. The fraction of sp³-hybridized carbons (Fsp3) is 0.393. The molecule has 0 radical (unpaired) electrons. The molecule has 3 aromatic rings. The topological polar surface area (TPSA) is 135 Å². The molecule has 7 rings (SSSR count). The number of carbonyl (C=O) groups is 1. The molecule has 0 aromatic carbocycles. The van der Waals surface area contributed by atoms with E-state index in [1.54, 1.807) is 12.4 Å². The van der Waals surface area contributed by atoms with Gasteiger partial charge in [0, 0.05) is 39.2 Å². The molecule has 0 atom stereocenters. The molecule has 2 aliphatic heterocycles. The number of allylic oxidation sites excluding steroid dienone is 2. The zero-order chi connectivity index (χ0) is 30.1. The van der Waals surface area contributed by atoms with Crippen LogP contribution in [0.25, 0.3) is 11.4 Å². The van der Waals surface area contributed by atoms with Crippen LogP contribution in [0.15, 0.2) is 54.5 Å². The third-order valence-corrected chi connectivity index (χ3v) is 7.93. The standard InChI is InChI=1S/C13H12BrN3O.C13H13BrN2O.CH2ClI.CH2O3.2Cs.H/c14-8-5-9-12-16-10-3-1-2-4-11(10)17(12)7-18-13(9)15-6-8;14-9-6-10(13(17)15-7-9)12-5-8-3-1-2-4-11(8)16-12;2-1-3;2-1-4-3;;;/h5-6H,1-4,7H2;6-7H,1-5H2,(H,15,17);1H2;1,3H;;;/q;;;;2*+1;-1/p-1. The Balaban J connectivity index is 0.000000355. The predicted octanol–water partition coefficient (Wildman–Crippen LogP) is 0.268. The number of aromatic amines is 1. The Hall–Kier alpha value is 2.03. The van der Waals surface area contributed by atoms with E-state index >= 15 is 0 Å². The van der Waals surface area contributed by atoms with Crippen molar-refractivity contribution in [3.63, 3.8) is 0 Å². The number of aryl methyl sites for hydroxylation is 1. The molecule has 2 aliphatic carbocycles. The minimum atomic E-state index is -0.181. The Bertz CT molecular complexity index is 1560. The summed E-state index contributed by atoms with van der Waals surface area (Å²) in [6, 6.07) is 3.89. The van der Waals surface area contributed by atoms with E-state index in [1.807, 2.05) is 12.1 Å². The number of imidazole rings is 1. The first-order valence-corrected chi connectivity index (χ1v) is 16.9. The number of ether oxygens (including phenoxy) is 1. The molecular weight excluding hydrogens is 1070 g/mol. The number of alkyl halides is 2. The van der Waals surface area contributed by atoms with Crippen LogP contribution in [0.4, 0.5) is 0 Å². The van der Waals surface area contributed by atoms with Gasteiger partial charge in [-0.15, -0.1) is 11.6 Å². The first-order chi connectivity index (χ1) is 20.4. The van der Waals surface area contributed by atoms with Gasteiger partial charge in [0.1, 0.15) is 5.82 Å². The molecule has 0 bridgehead atoms. The van der Waals surface area contributed by atoms with E-state index in [-0.39, 0.29) is 151 Å². The number of nitrogens with zero attached hydrogens (tertiary/aromatic N) is 4. The second-order valence-corrected chi connectivity index (χ2v) is 13.4. The van der Waals surface area contributed by atoms with Gasteiger partial charge in [0.2, 0.25) is 5.88 Å². The first-order valence-electron chi connectivity index (χ1n) is 13.3. The maximum atomic E-state index is 11.8. The Labute approximate surface area is 410 Å². The van der Waals surface area contributed by atoms with Crippen LogP contribution >= 0.6 is 66.1 Å². The molecule has 0 fully saturated rings. The fourth-order valence-electron chi connectivity index (χ4n) is 5.28. The second-order valence-electron chi connectivity index (χ2n) is 9.59.